The van der Waals surface area contributed by atoms with Crippen molar-refractivity contribution < 1.29 is 13.5 Å². The highest BCUT2D eigenvalue weighted by Gasteiger charge is 2.16. The quantitative estimate of drug-likeness (QED) is 0.225. The van der Waals surface area contributed by atoms with E-state index in [1.807, 2.05) is 58.0 Å². The molecule has 0 aliphatic carbocycles. The Balaban J connectivity index is 0.00000167. The second-order valence-electron chi connectivity index (χ2n) is 7.79. The molecule has 6 nitrogen and oxygen atoms in total. The van der Waals surface area contributed by atoms with Gasteiger partial charge in [-0.05, 0) is 29.7 Å². The molecule has 2 heterocycles. The van der Waals surface area contributed by atoms with E-state index in [0.717, 1.165) is 17.7 Å². The molecule has 2 aromatic heterocycles. The molecule has 0 fully saturated rings. The van der Waals surface area contributed by atoms with Crippen molar-refractivity contribution in [1.82, 2.24) is 14.6 Å². The van der Waals surface area contributed by atoms with Crippen molar-refractivity contribution in [3.63, 3.8) is 0 Å². The predicted octanol–water partition coefficient (Wildman–Crippen LogP) is 6.38. The van der Waals surface area contributed by atoms with E-state index < -0.39 is 17.2 Å². The van der Waals surface area contributed by atoms with E-state index in [0.29, 0.717) is 34.6 Å². The molecule has 0 saturated carbocycles. The van der Waals surface area contributed by atoms with Crippen LogP contribution in [0.3, 0.4) is 0 Å². The van der Waals surface area contributed by atoms with Crippen LogP contribution in [0.25, 0.3) is 11.0 Å². The predicted molar refractivity (Wildman–Crippen MR) is 137 cm³/mol. The second-order valence-corrected chi connectivity index (χ2v) is 8.73. The Bertz CT molecular complexity index is 1330. The number of nitrogens with zero attached hydrogens (tertiary/aromatic N) is 3. The Morgan fingerprint density at radius 2 is 1.80 bits per heavy atom. The van der Waals surface area contributed by atoms with Gasteiger partial charge in [-0.15, -0.1) is 0 Å². The Kier molecular flexibility index (Phi) is 9.19. The summed E-state index contributed by atoms with van der Waals surface area (Å²) in [6.07, 6.45) is 1.59. The summed E-state index contributed by atoms with van der Waals surface area (Å²) in [6.45, 7) is 8.51. The molecule has 1 N–H and O–H groups in total. The zero-order valence-electron chi connectivity index (χ0n) is 20.1. The average molecular weight is 499 g/mol. The number of aromatic nitrogens is 3. The number of nitrogens with one attached hydrogen (secondary N) is 1. The molecule has 0 amide bonds. The number of benzene rings is 2. The van der Waals surface area contributed by atoms with Gasteiger partial charge in [-0.1, -0.05) is 69.8 Å². The Morgan fingerprint density at radius 1 is 1.06 bits per heavy atom. The van der Waals surface area contributed by atoms with Crippen LogP contribution in [0, 0.1) is 17.6 Å². The van der Waals surface area contributed by atoms with Gasteiger partial charge in [0.2, 0.25) is 0 Å². The fourth-order valence-electron chi connectivity index (χ4n) is 3.02. The lowest BCUT2D eigenvalue weighted by molar-refractivity contribution is 0.430. The molecule has 0 aliphatic rings. The summed E-state index contributed by atoms with van der Waals surface area (Å²) in [5, 5.41) is 1.05. The van der Waals surface area contributed by atoms with E-state index in [2.05, 4.69) is 15.4 Å². The number of thioether (sulfide) groups is 1. The maximum absolute atomic E-state index is 14.1. The maximum Gasteiger partial charge on any atom is 0.313 e. The highest BCUT2D eigenvalue weighted by atomic mass is 32.2. The zero-order valence-corrected chi connectivity index (χ0v) is 20.9. The van der Waals surface area contributed by atoms with Crippen LogP contribution in [0.2, 0.25) is 0 Å². The number of ether oxygens (including phenoxy) is 1. The van der Waals surface area contributed by atoms with Gasteiger partial charge < -0.3 is 10.2 Å². The van der Waals surface area contributed by atoms with Gasteiger partial charge in [-0.2, -0.15) is 0 Å². The summed E-state index contributed by atoms with van der Waals surface area (Å²) in [6, 6.07) is 14.3. The van der Waals surface area contributed by atoms with E-state index in [-0.39, 0.29) is 17.4 Å². The maximum atomic E-state index is 14.1. The molecule has 0 aliphatic heterocycles. The standard InChI is InChI=1S/C24H22F2N4O2S.C2H6/c1-15(2)12-28-30-22-17(13-27-24(29-22)33-14-16-6-4-3-5-7-16)10-21(23(30)31)32-20-9-8-18(25)11-19(20)26;1-2/h3-11,13,15,28H,12,14H2,1-2H3;1-2H3. The van der Waals surface area contributed by atoms with Crippen LogP contribution in [0.5, 0.6) is 11.5 Å². The molecule has 0 bridgehead atoms. The first kappa shape index (κ1) is 26.2. The molecule has 0 saturated heterocycles. The highest BCUT2D eigenvalue weighted by molar-refractivity contribution is 7.98. The molecule has 0 spiro atoms. The van der Waals surface area contributed by atoms with Gasteiger partial charge in [0, 0.05) is 29.9 Å². The van der Waals surface area contributed by atoms with Crippen LogP contribution in [0.4, 0.5) is 8.78 Å². The topological polar surface area (TPSA) is 69.0 Å². The lowest BCUT2D eigenvalue weighted by atomic mass is 10.2. The average Bonchev–Trinajstić information content (AvgIpc) is 2.86. The zero-order chi connectivity index (χ0) is 25.4. The van der Waals surface area contributed by atoms with Gasteiger partial charge in [-0.3, -0.25) is 4.79 Å². The molecule has 2 aromatic carbocycles. The highest BCUT2D eigenvalue weighted by Crippen LogP contribution is 2.26. The third kappa shape index (κ3) is 6.79. The Morgan fingerprint density at radius 3 is 2.49 bits per heavy atom. The van der Waals surface area contributed by atoms with Crippen LogP contribution >= 0.6 is 11.8 Å². The number of pyridine rings is 1. The van der Waals surface area contributed by atoms with E-state index in [9.17, 15) is 13.6 Å². The fraction of sp³-hybridized carbons (Fsp3) is 0.269. The molecular formula is C26H28F2N4O2S. The molecule has 4 aromatic rings. The third-order valence-corrected chi connectivity index (χ3v) is 5.60. The first-order valence-corrected chi connectivity index (χ1v) is 12.4. The lowest BCUT2D eigenvalue weighted by Crippen LogP contribution is -2.32. The van der Waals surface area contributed by atoms with E-state index >= 15 is 0 Å². The van der Waals surface area contributed by atoms with Gasteiger partial charge in [0.15, 0.2) is 28.1 Å². The van der Waals surface area contributed by atoms with E-state index in [1.165, 1.54) is 22.5 Å². The fourth-order valence-corrected chi connectivity index (χ4v) is 3.79. The first-order chi connectivity index (χ1) is 16.9. The van der Waals surface area contributed by atoms with E-state index in [1.54, 1.807) is 6.20 Å². The lowest BCUT2D eigenvalue weighted by Gasteiger charge is -2.16. The summed E-state index contributed by atoms with van der Waals surface area (Å²) in [5.74, 6) is -1.08. The number of fused-ring (bicyclic) bond motifs is 1. The second kappa shape index (κ2) is 12.3. The van der Waals surface area contributed by atoms with Crippen LogP contribution < -0.4 is 15.7 Å². The summed E-state index contributed by atoms with van der Waals surface area (Å²) in [5.41, 5.74) is 4.06. The summed E-state index contributed by atoms with van der Waals surface area (Å²) in [4.78, 5) is 22.2. The van der Waals surface area contributed by atoms with Gasteiger partial charge in [-0.25, -0.2) is 23.4 Å². The van der Waals surface area contributed by atoms with Gasteiger partial charge in [0.05, 0.1) is 0 Å². The number of hydrogen-bond donors (Lipinski definition) is 1. The minimum Gasteiger partial charge on any atom is -0.448 e. The minimum absolute atomic E-state index is 0.127. The summed E-state index contributed by atoms with van der Waals surface area (Å²) >= 11 is 1.46. The van der Waals surface area contributed by atoms with Crippen LogP contribution in [0.15, 0.2) is 70.7 Å². The van der Waals surface area contributed by atoms with Crippen LogP contribution in [-0.4, -0.2) is 21.2 Å². The first-order valence-electron chi connectivity index (χ1n) is 11.4. The van der Waals surface area contributed by atoms with Gasteiger partial charge >= 0.3 is 5.56 Å². The number of hydrogen-bond acceptors (Lipinski definition) is 6. The molecule has 4 rings (SSSR count). The Hall–Kier alpha value is -3.46. The molecule has 9 heteroatoms. The van der Waals surface area contributed by atoms with Crippen molar-refractivity contribution in [1.29, 1.82) is 0 Å². The van der Waals surface area contributed by atoms with Crippen molar-refractivity contribution in [2.45, 2.75) is 38.6 Å². The van der Waals surface area contributed by atoms with Gasteiger partial charge in [0.25, 0.3) is 0 Å². The van der Waals surface area contributed by atoms with Crippen molar-refractivity contribution in [3.8, 4) is 11.5 Å². The molecular weight excluding hydrogens is 470 g/mol. The van der Waals surface area contributed by atoms with Crippen molar-refractivity contribution >= 4 is 22.8 Å². The van der Waals surface area contributed by atoms with E-state index in [4.69, 9.17) is 4.74 Å². The van der Waals surface area contributed by atoms with Crippen molar-refractivity contribution in [3.05, 3.63) is 88.3 Å². The summed E-state index contributed by atoms with van der Waals surface area (Å²) in [7, 11) is 0. The number of rotatable bonds is 8. The molecule has 0 atom stereocenters. The van der Waals surface area contributed by atoms with Crippen molar-refractivity contribution in [2.24, 2.45) is 5.92 Å². The smallest absolute Gasteiger partial charge is 0.313 e. The molecule has 184 valence electrons. The normalized spacial score (nSPS) is 10.7. The molecule has 35 heavy (non-hydrogen) atoms. The third-order valence-electron chi connectivity index (χ3n) is 4.67. The van der Waals surface area contributed by atoms with Crippen LogP contribution in [-0.2, 0) is 5.75 Å². The molecule has 0 radical (unpaired) electrons. The monoisotopic (exact) mass is 498 g/mol. The van der Waals surface area contributed by atoms with Gasteiger partial charge in [0.1, 0.15) is 5.82 Å². The largest absolute Gasteiger partial charge is 0.448 e. The molecule has 0 unspecified atom stereocenters. The van der Waals surface area contributed by atoms with Crippen LogP contribution in [0.1, 0.15) is 33.3 Å². The minimum atomic E-state index is -0.903. The SMILES string of the molecule is CC.CC(C)CNn1c(=O)c(Oc2ccc(F)cc2F)cc2cnc(SCc3ccccc3)nc21. The summed E-state index contributed by atoms with van der Waals surface area (Å²) < 4.78 is 34.1. The Labute approximate surface area is 207 Å². The number of halogens is 2. The van der Waals surface area contributed by atoms with Crippen molar-refractivity contribution in [2.75, 3.05) is 12.0 Å².